The van der Waals surface area contributed by atoms with Gasteiger partial charge in [-0.05, 0) is 66.8 Å². The smallest absolute Gasteiger partial charge is 0.331 e. The molecular formula is C20H30O2. The fourth-order valence-electron chi connectivity index (χ4n) is 5.70. The molecule has 2 nitrogen and oxygen atoms in total. The number of fused-ring (bicyclic) bond motifs is 1. The van der Waals surface area contributed by atoms with Crippen molar-refractivity contribution in [1.82, 2.24) is 0 Å². The summed E-state index contributed by atoms with van der Waals surface area (Å²) in [4.78, 5) is 11.2. The molecule has 0 saturated heterocycles. The zero-order valence-electron chi connectivity index (χ0n) is 14.4. The first-order chi connectivity index (χ1) is 10.3. The van der Waals surface area contributed by atoms with Crippen LogP contribution in [0, 0.1) is 22.7 Å². The van der Waals surface area contributed by atoms with Gasteiger partial charge in [0.2, 0.25) is 0 Å². The van der Waals surface area contributed by atoms with Crippen molar-refractivity contribution in [3.05, 3.63) is 23.8 Å². The van der Waals surface area contributed by atoms with Crippen molar-refractivity contribution < 1.29 is 9.53 Å². The van der Waals surface area contributed by atoms with Gasteiger partial charge in [-0.15, -0.1) is 0 Å². The molecule has 2 aliphatic carbocycles. The molecule has 3 rings (SSSR count). The molecule has 0 unspecified atom stereocenters. The average Bonchev–Trinajstić information content (AvgIpc) is 2.82. The molecular weight excluding hydrogens is 272 g/mol. The van der Waals surface area contributed by atoms with Gasteiger partial charge >= 0.3 is 5.97 Å². The lowest BCUT2D eigenvalue weighted by Crippen LogP contribution is -2.49. The number of allylic oxidation sites excluding steroid dienone is 1. The van der Waals surface area contributed by atoms with E-state index in [1.807, 2.05) is 0 Å². The molecule has 1 heterocycles. The topological polar surface area (TPSA) is 26.3 Å². The van der Waals surface area contributed by atoms with Crippen molar-refractivity contribution >= 4 is 5.97 Å². The maximum absolute atomic E-state index is 11.2. The van der Waals surface area contributed by atoms with Gasteiger partial charge in [-0.25, -0.2) is 4.79 Å². The van der Waals surface area contributed by atoms with E-state index in [4.69, 9.17) is 4.74 Å². The lowest BCUT2D eigenvalue weighted by Gasteiger charge is -2.58. The minimum absolute atomic E-state index is 0.166. The Morgan fingerprint density at radius 1 is 1.32 bits per heavy atom. The fourth-order valence-corrected chi connectivity index (χ4v) is 5.70. The molecule has 0 radical (unpaired) electrons. The zero-order valence-corrected chi connectivity index (χ0v) is 14.4. The molecule has 22 heavy (non-hydrogen) atoms. The van der Waals surface area contributed by atoms with E-state index in [1.54, 1.807) is 6.08 Å². The van der Waals surface area contributed by atoms with Crippen LogP contribution in [-0.2, 0) is 9.53 Å². The Morgan fingerprint density at radius 3 is 2.77 bits per heavy atom. The summed E-state index contributed by atoms with van der Waals surface area (Å²) in [7, 11) is 0. The Balaban J connectivity index is 1.77. The second-order valence-electron chi connectivity index (χ2n) is 8.60. The van der Waals surface area contributed by atoms with Crippen LogP contribution in [0.15, 0.2) is 23.8 Å². The van der Waals surface area contributed by atoms with Crippen LogP contribution in [0.2, 0.25) is 0 Å². The van der Waals surface area contributed by atoms with E-state index in [-0.39, 0.29) is 5.97 Å². The number of rotatable bonds is 3. The van der Waals surface area contributed by atoms with Crippen molar-refractivity contribution in [2.45, 2.75) is 65.7 Å². The summed E-state index contributed by atoms with van der Waals surface area (Å²) in [6, 6.07) is 0. The van der Waals surface area contributed by atoms with Crippen LogP contribution in [-0.4, -0.2) is 12.6 Å². The molecule has 0 spiro atoms. The molecule has 1 aliphatic heterocycles. The highest BCUT2D eigenvalue weighted by atomic mass is 16.5. The highest BCUT2D eigenvalue weighted by molar-refractivity contribution is 5.85. The third-order valence-corrected chi connectivity index (χ3v) is 6.79. The van der Waals surface area contributed by atoms with Gasteiger partial charge in [0, 0.05) is 6.08 Å². The Morgan fingerprint density at radius 2 is 2.09 bits per heavy atom. The number of esters is 1. The number of carbonyl (C=O) groups is 1. The first-order valence-corrected chi connectivity index (χ1v) is 8.87. The normalized spacial score (nSPS) is 37.5. The van der Waals surface area contributed by atoms with Crippen molar-refractivity contribution in [1.29, 1.82) is 0 Å². The van der Waals surface area contributed by atoms with Crippen molar-refractivity contribution in [2.24, 2.45) is 22.7 Å². The van der Waals surface area contributed by atoms with Crippen LogP contribution >= 0.6 is 0 Å². The highest BCUT2D eigenvalue weighted by Crippen LogP contribution is 2.61. The SMILES string of the molecule is C=C1CC[C@@H]2C(C)(C)CCC[C@]2(C)[C@@H]1CCC1=CC(=O)OC1. The molecule has 0 aromatic heterocycles. The third kappa shape index (κ3) is 2.66. The largest absolute Gasteiger partial charge is 0.458 e. The van der Waals surface area contributed by atoms with Crippen LogP contribution < -0.4 is 0 Å². The van der Waals surface area contributed by atoms with E-state index < -0.39 is 0 Å². The molecule has 2 fully saturated rings. The summed E-state index contributed by atoms with van der Waals surface area (Å²) in [5.41, 5.74) is 3.46. The highest BCUT2D eigenvalue weighted by Gasteiger charge is 2.52. The van der Waals surface area contributed by atoms with E-state index in [1.165, 1.54) is 43.3 Å². The van der Waals surface area contributed by atoms with Gasteiger partial charge < -0.3 is 4.74 Å². The second kappa shape index (κ2) is 5.54. The van der Waals surface area contributed by atoms with Gasteiger partial charge in [0.15, 0.2) is 0 Å². The molecule has 122 valence electrons. The van der Waals surface area contributed by atoms with E-state index in [2.05, 4.69) is 27.4 Å². The molecule has 0 N–H and O–H groups in total. The van der Waals surface area contributed by atoms with E-state index in [9.17, 15) is 4.79 Å². The van der Waals surface area contributed by atoms with Crippen LogP contribution in [0.3, 0.4) is 0 Å². The number of carbonyl (C=O) groups excluding carboxylic acids is 1. The average molecular weight is 302 g/mol. The predicted octanol–water partition coefficient (Wildman–Crippen LogP) is 5.05. The summed E-state index contributed by atoms with van der Waals surface area (Å²) < 4.78 is 5.04. The fraction of sp³-hybridized carbons (Fsp3) is 0.750. The Labute approximate surface area is 135 Å². The predicted molar refractivity (Wildman–Crippen MR) is 89.4 cm³/mol. The zero-order chi connectivity index (χ0) is 16.0. The molecule has 0 amide bonds. The second-order valence-corrected chi connectivity index (χ2v) is 8.60. The number of cyclic esters (lactones) is 1. The van der Waals surface area contributed by atoms with E-state index >= 15 is 0 Å². The standard InChI is InChI=1S/C20H30O2/c1-14-6-9-17-19(2,3)10-5-11-20(17,4)16(14)8-7-15-12-18(21)22-13-15/h12,16-17H,1,5-11,13H2,2-4H3/t16-,17-,20-/m1/s1. The molecule has 0 aromatic carbocycles. The Hall–Kier alpha value is -1.05. The van der Waals surface area contributed by atoms with Crippen molar-refractivity contribution in [3.63, 3.8) is 0 Å². The van der Waals surface area contributed by atoms with Gasteiger partial charge in [-0.2, -0.15) is 0 Å². The molecule has 3 aliphatic rings. The van der Waals surface area contributed by atoms with Crippen LogP contribution in [0.4, 0.5) is 0 Å². The number of hydrogen-bond donors (Lipinski definition) is 0. The Bertz CT molecular complexity index is 514. The van der Waals surface area contributed by atoms with Gasteiger partial charge in [0.1, 0.15) is 6.61 Å². The first-order valence-electron chi connectivity index (χ1n) is 8.87. The first kappa shape index (κ1) is 15.8. The summed E-state index contributed by atoms with van der Waals surface area (Å²) in [6.45, 7) is 12.4. The van der Waals surface area contributed by atoms with E-state index in [0.29, 0.717) is 23.4 Å². The maximum atomic E-state index is 11.2. The summed E-state index contributed by atoms with van der Waals surface area (Å²) in [5, 5.41) is 0. The van der Waals surface area contributed by atoms with Gasteiger partial charge in [0.25, 0.3) is 0 Å². The molecule has 0 bridgehead atoms. The van der Waals surface area contributed by atoms with Crippen molar-refractivity contribution in [2.75, 3.05) is 6.61 Å². The van der Waals surface area contributed by atoms with Crippen LogP contribution in [0.1, 0.15) is 65.7 Å². The summed E-state index contributed by atoms with van der Waals surface area (Å²) in [6.07, 6.45) is 10.3. The summed E-state index contributed by atoms with van der Waals surface area (Å²) in [5.74, 6) is 1.24. The van der Waals surface area contributed by atoms with Gasteiger partial charge in [0.05, 0.1) is 0 Å². The maximum Gasteiger partial charge on any atom is 0.331 e. The summed E-state index contributed by atoms with van der Waals surface area (Å²) >= 11 is 0. The minimum Gasteiger partial charge on any atom is -0.458 e. The number of hydrogen-bond acceptors (Lipinski definition) is 2. The Kier molecular flexibility index (Phi) is 3.99. The van der Waals surface area contributed by atoms with Gasteiger partial charge in [-0.1, -0.05) is 39.3 Å². The quantitative estimate of drug-likeness (QED) is 0.539. The monoisotopic (exact) mass is 302 g/mol. The molecule has 2 heteroatoms. The lowest BCUT2D eigenvalue weighted by molar-refractivity contribution is -0.134. The van der Waals surface area contributed by atoms with Crippen molar-refractivity contribution in [3.8, 4) is 0 Å². The van der Waals surface area contributed by atoms with E-state index in [0.717, 1.165) is 18.8 Å². The van der Waals surface area contributed by atoms with Crippen LogP contribution in [0.25, 0.3) is 0 Å². The van der Waals surface area contributed by atoms with Crippen LogP contribution in [0.5, 0.6) is 0 Å². The van der Waals surface area contributed by atoms with Gasteiger partial charge in [-0.3, -0.25) is 0 Å². The molecule has 3 atom stereocenters. The number of ether oxygens (including phenoxy) is 1. The minimum atomic E-state index is -0.166. The lowest BCUT2D eigenvalue weighted by atomic mass is 9.47. The molecule has 2 saturated carbocycles. The molecule has 0 aromatic rings. The third-order valence-electron chi connectivity index (χ3n) is 6.79.